The molecule has 0 saturated carbocycles. The van der Waals surface area contributed by atoms with Gasteiger partial charge < -0.3 is 29.1 Å². The Bertz CT molecular complexity index is 1100. The number of piperidine rings is 1. The van der Waals surface area contributed by atoms with Gasteiger partial charge in [0.05, 0.1) is 24.8 Å². The van der Waals surface area contributed by atoms with Crippen molar-refractivity contribution in [3.63, 3.8) is 0 Å². The van der Waals surface area contributed by atoms with Crippen LogP contribution in [0.4, 0.5) is 20.2 Å². The molecule has 2 aromatic carbocycles. The summed E-state index contributed by atoms with van der Waals surface area (Å²) >= 11 is 0. The first-order valence-electron chi connectivity index (χ1n) is 12.9. The van der Waals surface area contributed by atoms with Crippen molar-refractivity contribution in [2.75, 3.05) is 43.2 Å². The number of nitrogens with zero attached hydrogens (tertiary/aromatic N) is 2. The van der Waals surface area contributed by atoms with Crippen LogP contribution in [0.15, 0.2) is 36.4 Å². The van der Waals surface area contributed by atoms with E-state index in [1.165, 1.54) is 12.1 Å². The molecule has 2 aliphatic rings. The van der Waals surface area contributed by atoms with Gasteiger partial charge in [0.2, 0.25) is 0 Å². The number of carboxylic acid groups (broad SMARTS) is 1. The van der Waals surface area contributed by atoms with Crippen LogP contribution in [0.25, 0.3) is 0 Å². The Hall–Kier alpha value is -3.07. The van der Waals surface area contributed by atoms with Crippen molar-refractivity contribution in [1.29, 1.82) is 0 Å². The predicted octanol–water partition coefficient (Wildman–Crippen LogP) is 4.97. The standard InChI is InChI=1S/C28H36F2N2O5/c1-5-36-20-7-8-21(29)24(13-20)31-11-10-25(17(2)15-31)37-26-9-6-19(12-22(26)30)32-16-27(35-4)18(3)23(32)14-28(33)34/h6-9,12-13,17-18,23,25,27H,5,10-11,14-16H2,1-4H3,(H,33,34)/t17?,18-,23-,25?,27-/m0/s1. The Balaban J connectivity index is 1.44. The number of benzene rings is 2. The van der Waals surface area contributed by atoms with Crippen LogP contribution in [0.3, 0.4) is 0 Å². The number of hydrogen-bond donors (Lipinski definition) is 1. The minimum atomic E-state index is -0.899. The fraction of sp³-hybridized carbons (Fsp3) is 0.536. The maximum atomic E-state index is 15.2. The number of halogens is 2. The fourth-order valence-corrected chi connectivity index (χ4v) is 5.52. The largest absolute Gasteiger partial charge is 0.494 e. The second-order valence-corrected chi connectivity index (χ2v) is 9.98. The molecule has 0 amide bonds. The average Bonchev–Trinajstić information content (AvgIpc) is 3.17. The van der Waals surface area contributed by atoms with Crippen LogP contribution in [0.1, 0.15) is 33.6 Å². The number of carboxylic acids is 1. The monoisotopic (exact) mass is 518 g/mol. The Morgan fingerprint density at radius 2 is 1.86 bits per heavy atom. The van der Waals surface area contributed by atoms with Crippen LogP contribution in [-0.4, -0.2) is 62.7 Å². The Labute approximate surface area is 216 Å². The summed E-state index contributed by atoms with van der Waals surface area (Å²) in [6.07, 6.45) is 0.207. The topological polar surface area (TPSA) is 71.5 Å². The normalized spacial score (nSPS) is 25.8. The summed E-state index contributed by atoms with van der Waals surface area (Å²) in [7, 11) is 1.61. The van der Waals surface area contributed by atoms with E-state index in [9.17, 15) is 14.3 Å². The van der Waals surface area contributed by atoms with Crippen LogP contribution in [0, 0.1) is 23.5 Å². The first-order chi connectivity index (χ1) is 17.7. The minimum Gasteiger partial charge on any atom is -0.494 e. The molecule has 37 heavy (non-hydrogen) atoms. The second-order valence-electron chi connectivity index (χ2n) is 9.98. The Morgan fingerprint density at radius 3 is 2.51 bits per heavy atom. The number of anilines is 2. The van der Waals surface area contributed by atoms with Gasteiger partial charge in [-0.3, -0.25) is 4.79 Å². The van der Waals surface area contributed by atoms with Crippen LogP contribution >= 0.6 is 0 Å². The van der Waals surface area contributed by atoms with Gasteiger partial charge in [0.25, 0.3) is 0 Å². The molecule has 202 valence electrons. The number of rotatable bonds is 9. The molecule has 9 heteroatoms. The molecule has 5 atom stereocenters. The van der Waals surface area contributed by atoms with Crippen molar-refractivity contribution in [2.45, 2.75) is 51.9 Å². The minimum absolute atomic E-state index is 0.00909. The number of methoxy groups -OCH3 is 1. The third-order valence-corrected chi connectivity index (χ3v) is 7.58. The lowest BCUT2D eigenvalue weighted by Crippen LogP contribution is -2.44. The lowest BCUT2D eigenvalue weighted by Gasteiger charge is -2.38. The number of ether oxygens (including phenoxy) is 3. The average molecular weight is 519 g/mol. The van der Waals surface area contributed by atoms with Gasteiger partial charge in [-0.25, -0.2) is 8.78 Å². The van der Waals surface area contributed by atoms with Gasteiger partial charge in [-0.1, -0.05) is 13.8 Å². The predicted molar refractivity (Wildman–Crippen MR) is 138 cm³/mol. The van der Waals surface area contributed by atoms with Crippen LogP contribution < -0.4 is 19.3 Å². The summed E-state index contributed by atoms with van der Waals surface area (Å²) in [6.45, 7) is 8.00. The maximum absolute atomic E-state index is 15.2. The van der Waals surface area contributed by atoms with Gasteiger partial charge >= 0.3 is 5.97 Å². The van der Waals surface area contributed by atoms with Crippen LogP contribution in [0.2, 0.25) is 0 Å². The number of aliphatic carboxylic acids is 1. The molecule has 2 saturated heterocycles. The number of hydrogen-bond acceptors (Lipinski definition) is 6. The lowest BCUT2D eigenvalue weighted by molar-refractivity contribution is -0.137. The number of carbonyl (C=O) groups is 1. The van der Waals surface area contributed by atoms with Gasteiger partial charge in [-0.05, 0) is 31.2 Å². The van der Waals surface area contributed by atoms with Crippen LogP contribution in [0.5, 0.6) is 11.5 Å². The SMILES string of the molecule is CCOc1ccc(F)c(N2CCC(Oc3ccc(N4C[C@H](OC)[C@@H](C)[C@@H]4CC(=O)O)cc3F)C(C)C2)c1. The van der Waals surface area contributed by atoms with E-state index in [2.05, 4.69) is 0 Å². The van der Waals surface area contributed by atoms with E-state index in [1.807, 2.05) is 30.6 Å². The zero-order valence-electron chi connectivity index (χ0n) is 21.8. The van der Waals surface area contributed by atoms with Gasteiger partial charge in [0.15, 0.2) is 11.6 Å². The molecular weight excluding hydrogens is 482 g/mol. The van der Waals surface area contributed by atoms with Crippen molar-refractivity contribution in [3.8, 4) is 11.5 Å². The summed E-state index contributed by atoms with van der Waals surface area (Å²) < 4.78 is 46.9. The molecule has 2 heterocycles. The molecule has 0 aliphatic carbocycles. The second kappa shape index (κ2) is 11.5. The molecular formula is C28H36F2N2O5. The maximum Gasteiger partial charge on any atom is 0.305 e. The Kier molecular flexibility index (Phi) is 8.42. The van der Waals surface area contributed by atoms with Crippen molar-refractivity contribution >= 4 is 17.3 Å². The molecule has 2 unspecified atom stereocenters. The van der Waals surface area contributed by atoms with E-state index in [0.717, 1.165) is 0 Å². The molecule has 2 aliphatic heterocycles. The Morgan fingerprint density at radius 1 is 1.08 bits per heavy atom. The first kappa shape index (κ1) is 27.0. The highest BCUT2D eigenvalue weighted by molar-refractivity contribution is 5.69. The van der Waals surface area contributed by atoms with E-state index in [4.69, 9.17) is 14.2 Å². The summed E-state index contributed by atoms with van der Waals surface area (Å²) in [5, 5.41) is 9.37. The molecule has 2 fully saturated rings. The zero-order valence-corrected chi connectivity index (χ0v) is 21.8. The molecule has 0 bridgehead atoms. The van der Waals surface area contributed by atoms with Gasteiger partial charge in [0.1, 0.15) is 17.7 Å². The quantitative estimate of drug-likeness (QED) is 0.503. The van der Waals surface area contributed by atoms with Crippen molar-refractivity contribution in [2.24, 2.45) is 11.8 Å². The third kappa shape index (κ3) is 5.92. The van der Waals surface area contributed by atoms with E-state index in [0.29, 0.717) is 49.8 Å². The summed E-state index contributed by atoms with van der Waals surface area (Å²) in [6, 6.07) is 9.25. The van der Waals surface area contributed by atoms with E-state index in [1.54, 1.807) is 31.4 Å². The van der Waals surface area contributed by atoms with Crippen molar-refractivity contribution in [3.05, 3.63) is 48.0 Å². The molecule has 0 spiro atoms. The fourth-order valence-electron chi connectivity index (χ4n) is 5.52. The lowest BCUT2D eigenvalue weighted by atomic mass is 9.95. The summed E-state index contributed by atoms with van der Waals surface area (Å²) in [4.78, 5) is 15.3. The molecule has 7 nitrogen and oxygen atoms in total. The first-order valence-corrected chi connectivity index (χ1v) is 12.9. The molecule has 4 rings (SSSR count). The van der Waals surface area contributed by atoms with E-state index in [-0.39, 0.29) is 48.1 Å². The smallest absolute Gasteiger partial charge is 0.305 e. The van der Waals surface area contributed by atoms with E-state index < -0.39 is 11.8 Å². The van der Waals surface area contributed by atoms with Crippen molar-refractivity contribution in [1.82, 2.24) is 0 Å². The highest BCUT2D eigenvalue weighted by Crippen LogP contribution is 2.36. The van der Waals surface area contributed by atoms with E-state index >= 15 is 4.39 Å². The molecule has 0 aromatic heterocycles. The van der Waals surface area contributed by atoms with Crippen molar-refractivity contribution < 1.29 is 32.9 Å². The molecule has 1 N–H and O–H groups in total. The highest BCUT2D eigenvalue weighted by atomic mass is 19.1. The summed E-state index contributed by atoms with van der Waals surface area (Å²) in [5.74, 6) is -0.889. The van der Waals surface area contributed by atoms with Crippen LogP contribution in [-0.2, 0) is 9.53 Å². The zero-order chi connectivity index (χ0) is 26.7. The van der Waals surface area contributed by atoms with Gasteiger partial charge in [-0.15, -0.1) is 0 Å². The van der Waals surface area contributed by atoms with Gasteiger partial charge in [-0.2, -0.15) is 0 Å². The third-order valence-electron chi connectivity index (χ3n) is 7.58. The summed E-state index contributed by atoms with van der Waals surface area (Å²) in [5.41, 5.74) is 1.10. The van der Waals surface area contributed by atoms with Gasteiger partial charge in [0, 0.05) is 68.9 Å². The molecule has 2 aromatic rings. The highest BCUT2D eigenvalue weighted by Gasteiger charge is 2.40. The molecule has 0 radical (unpaired) electrons.